The summed E-state index contributed by atoms with van der Waals surface area (Å²) >= 11 is 1.85. The Bertz CT molecular complexity index is 3480. The van der Waals surface area contributed by atoms with Crippen molar-refractivity contribution >= 4 is 92.3 Å². The highest BCUT2D eigenvalue weighted by Crippen LogP contribution is 2.48. The number of anilines is 3. The van der Waals surface area contributed by atoms with Crippen LogP contribution in [-0.4, -0.2) is 4.57 Å². The summed E-state index contributed by atoms with van der Waals surface area (Å²) in [5.41, 5.74) is 12.8. The van der Waals surface area contributed by atoms with Gasteiger partial charge in [-0.2, -0.15) is 0 Å². The number of nitrogens with zero attached hydrogens (tertiary/aromatic N) is 2. The number of fused-ring (bicyclic) bond motifs is 9. The summed E-state index contributed by atoms with van der Waals surface area (Å²) in [5.74, 6) is 0. The lowest BCUT2D eigenvalue weighted by atomic mass is 9.97. The van der Waals surface area contributed by atoms with Gasteiger partial charge in [-0.1, -0.05) is 121 Å². The van der Waals surface area contributed by atoms with Gasteiger partial charge in [0.05, 0.1) is 16.7 Å². The third-order valence-electron chi connectivity index (χ3n) is 11.6. The summed E-state index contributed by atoms with van der Waals surface area (Å²) in [4.78, 5) is 2.39. The molecule has 3 aromatic heterocycles. The number of hydrogen-bond donors (Lipinski definition) is 0. The van der Waals surface area contributed by atoms with Gasteiger partial charge in [-0.15, -0.1) is 11.3 Å². The molecule has 12 aromatic rings. The first kappa shape index (κ1) is 32.8. The number of aromatic nitrogens is 1. The van der Waals surface area contributed by atoms with Crippen LogP contribution in [0.4, 0.5) is 17.1 Å². The van der Waals surface area contributed by atoms with Gasteiger partial charge in [0.2, 0.25) is 0 Å². The van der Waals surface area contributed by atoms with E-state index in [-0.39, 0.29) is 0 Å². The smallest absolute Gasteiger partial charge is 0.145 e. The Morgan fingerprint density at radius 1 is 0.397 bits per heavy atom. The lowest BCUT2D eigenvalue weighted by Crippen LogP contribution is -2.11. The van der Waals surface area contributed by atoms with Crippen molar-refractivity contribution in [2.24, 2.45) is 0 Å². The van der Waals surface area contributed by atoms with Gasteiger partial charge in [0.1, 0.15) is 11.2 Å². The van der Waals surface area contributed by atoms with Crippen molar-refractivity contribution in [3.63, 3.8) is 0 Å². The lowest BCUT2D eigenvalue weighted by molar-refractivity contribution is 0.670. The normalized spacial score (nSPS) is 11.8. The number of rotatable bonds is 6. The summed E-state index contributed by atoms with van der Waals surface area (Å²) in [6.07, 6.45) is 0. The second kappa shape index (κ2) is 13.1. The van der Waals surface area contributed by atoms with Crippen LogP contribution in [0.25, 0.3) is 91.9 Å². The number of thiophene rings is 1. The number of furan rings is 1. The molecule has 0 radical (unpaired) electrons. The summed E-state index contributed by atoms with van der Waals surface area (Å²) in [7, 11) is 0. The summed E-state index contributed by atoms with van der Waals surface area (Å²) in [5, 5.41) is 7.28. The van der Waals surface area contributed by atoms with Crippen molar-refractivity contribution in [3.05, 3.63) is 206 Å². The van der Waals surface area contributed by atoms with Gasteiger partial charge in [-0.3, -0.25) is 0 Å². The highest BCUT2D eigenvalue weighted by Gasteiger charge is 2.24. The molecule has 272 valence electrons. The monoisotopic (exact) mass is 758 g/mol. The lowest BCUT2D eigenvalue weighted by Gasteiger charge is -2.28. The molecule has 9 aromatic carbocycles. The average molecular weight is 759 g/mol. The Kier molecular flexibility index (Phi) is 7.40. The van der Waals surface area contributed by atoms with E-state index in [1.807, 2.05) is 17.4 Å². The molecule has 58 heavy (non-hydrogen) atoms. The standard InChI is InChI=1S/C54H34N2OS/c1-2-16-38(17-3-1)55(39-18-12-14-35(32-39)36-28-31-52-46(34-36)44-23-7-11-27-51(44)58-52)49-30-29-45-43-22-6-10-26-50(43)57-54(45)53(49)37-15-13-19-40(33-37)56-47-24-8-4-20-41(47)42-21-5-9-25-48(42)56/h1-34H. The topological polar surface area (TPSA) is 21.3 Å². The van der Waals surface area contributed by atoms with E-state index in [2.05, 4.69) is 210 Å². The van der Waals surface area contributed by atoms with Crippen LogP contribution in [0.15, 0.2) is 211 Å². The first-order valence-electron chi connectivity index (χ1n) is 19.7. The van der Waals surface area contributed by atoms with E-state index in [9.17, 15) is 0 Å². The van der Waals surface area contributed by atoms with E-state index in [0.29, 0.717) is 0 Å². The van der Waals surface area contributed by atoms with Crippen LogP contribution in [0, 0.1) is 0 Å². The average Bonchev–Trinajstić information content (AvgIpc) is 3.96. The highest BCUT2D eigenvalue weighted by atomic mass is 32.1. The van der Waals surface area contributed by atoms with Gasteiger partial charge in [0, 0.05) is 64.3 Å². The molecule has 0 aliphatic rings. The van der Waals surface area contributed by atoms with Crippen molar-refractivity contribution in [2.45, 2.75) is 0 Å². The first-order valence-corrected chi connectivity index (χ1v) is 20.5. The Balaban J connectivity index is 1.10. The van der Waals surface area contributed by atoms with Crippen molar-refractivity contribution in [1.29, 1.82) is 0 Å². The van der Waals surface area contributed by atoms with Gasteiger partial charge in [0.25, 0.3) is 0 Å². The number of para-hydroxylation sites is 4. The SMILES string of the molecule is c1ccc(N(c2cccc(-c3ccc4sc5ccccc5c4c3)c2)c2ccc3c(oc4ccccc43)c2-c2cccc(-n3c4ccccc4c4ccccc43)c2)cc1. The predicted octanol–water partition coefficient (Wildman–Crippen LogP) is 15.9. The number of benzene rings is 9. The van der Waals surface area contributed by atoms with Gasteiger partial charge >= 0.3 is 0 Å². The van der Waals surface area contributed by atoms with Gasteiger partial charge < -0.3 is 13.9 Å². The molecule has 0 aliphatic carbocycles. The molecule has 0 N–H and O–H groups in total. The molecule has 4 heteroatoms. The van der Waals surface area contributed by atoms with Crippen LogP contribution in [0.2, 0.25) is 0 Å². The molecule has 0 spiro atoms. The van der Waals surface area contributed by atoms with E-state index in [1.165, 1.54) is 47.5 Å². The summed E-state index contributed by atoms with van der Waals surface area (Å²) in [6.45, 7) is 0. The van der Waals surface area contributed by atoms with Gasteiger partial charge in [-0.25, -0.2) is 0 Å². The second-order valence-electron chi connectivity index (χ2n) is 14.9. The molecule has 3 heterocycles. The van der Waals surface area contributed by atoms with E-state index < -0.39 is 0 Å². The van der Waals surface area contributed by atoms with Crippen LogP contribution in [0.1, 0.15) is 0 Å². The minimum Gasteiger partial charge on any atom is -0.455 e. The quantitative estimate of drug-likeness (QED) is 0.168. The van der Waals surface area contributed by atoms with Crippen LogP contribution >= 0.6 is 11.3 Å². The molecule has 0 saturated heterocycles. The zero-order chi connectivity index (χ0) is 38.2. The Morgan fingerprint density at radius 2 is 1.03 bits per heavy atom. The van der Waals surface area contributed by atoms with Crippen molar-refractivity contribution in [2.75, 3.05) is 4.90 Å². The third-order valence-corrected chi connectivity index (χ3v) is 12.7. The minimum atomic E-state index is 0.866. The minimum absolute atomic E-state index is 0.866. The van der Waals surface area contributed by atoms with Crippen LogP contribution < -0.4 is 4.90 Å². The predicted molar refractivity (Wildman–Crippen MR) is 247 cm³/mol. The molecule has 0 saturated carbocycles. The fraction of sp³-hybridized carbons (Fsp3) is 0. The molecule has 0 bridgehead atoms. The van der Waals surface area contributed by atoms with Crippen LogP contribution in [0.5, 0.6) is 0 Å². The van der Waals surface area contributed by atoms with E-state index in [0.717, 1.165) is 61.4 Å². The van der Waals surface area contributed by atoms with Gasteiger partial charge in [0.15, 0.2) is 0 Å². The van der Waals surface area contributed by atoms with E-state index in [4.69, 9.17) is 4.42 Å². The van der Waals surface area contributed by atoms with Crippen molar-refractivity contribution in [1.82, 2.24) is 4.57 Å². The fourth-order valence-electron chi connectivity index (χ4n) is 8.98. The molecule has 0 unspecified atom stereocenters. The summed E-state index contributed by atoms with van der Waals surface area (Å²) in [6, 6.07) is 74.4. The molecule has 3 nitrogen and oxygen atoms in total. The number of hydrogen-bond acceptors (Lipinski definition) is 3. The molecular weight excluding hydrogens is 725 g/mol. The fourth-order valence-corrected chi connectivity index (χ4v) is 10.1. The molecule has 12 rings (SSSR count). The zero-order valence-electron chi connectivity index (χ0n) is 31.3. The van der Waals surface area contributed by atoms with E-state index >= 15 is 0 Å². The zero-order valence-corrected chi connectivity index (χ0v) is 32.2. The van der Waals surface area contributed by atoms with E-state index in [1.54, 1.807) is 0 Å². The molecule has 0 atom stereocenters. The largest absolute Gasteiger partial charge is 0.455 e. The first-order chi connectivity index (χ1) is 28.8. The Labute approximate surface area is 338 Å². The van der Waals surface area contributed by atoms with Crippen LogP contribution in [0.3, 0.4) is 0 Å². The Hall–Kier alpha value is -7.40. The van der Waals surface area contributed by atoms with Crippen molar-refractivity contribution < 1.29 is 4.42 Å². The molecular formula is C54H34N2OS. The molecule has 0 amide bonds. The Morgan fingerprint density at radius 3 is 1.86 bits per heavy atom. The summed E-state index contributed by atoms with van der Waals surface area (Å²) < 4.78 is 11.9. The maximum atomic E-state index is 6.90. The van der Waals surface area contributed by atoms with Crippen molar-refractivity contribution in [3.8, 4) is 27.9 Å². The van der Waals surface area contributed by atoms with Crippen LogP contribution in [-0.2, 0) is 0 Å². The molecule has 0 aliphatic heterocycles. The second-order valence-corrected chi connectivity index (χ2v) is 16.0. The maximum Gasteiger partial charge on any atom is 0.145 e. The maximum absolute atomic E-state index is 6.90. The third kappa shape index (κ3) is 5.12. The van der Waals surface area contributed by atoms with Gasteiger partial charge in [-0.05, 0) is 102 Å². The molecule has 0 fully saturated rings. The highest BCUT2D eigenvalue weighted by molar-refractivity contribution is 7.25.